The standard InChI is InChI=1S/C16H19N3O/c1-3-11-17-14-9-5-4-8-13(14)16(20)19-15-10-6-7-12(2)18-15/h4-10,17H,3,11H2,1-2H3,(H,18,19,20). The smallest absolute Gasteiger partial charge is 0.258 e. The van der Waals surface area contributed by atoms with E-state index in [1.165, 1.54) is 0 Å². The third kappa shape index (κ3) is 3.57. The number of anilines is 2. The quantitative estimate of drug-likeness (QED) is 0.874. The first-order valence-electron chi connectivity index (χ1n) is 6.78. The number of carbonyl (C=O) groups excluding carboxylic acids is 1. The summed E-state index contributed by atoms with van der Waals surface area (Å²) in [5.74, 6) is 0.419. The Kier molecular flexibility index (Phi) is 4.71. The molecule has 104 valence electrons. The van der Waals surface area contributed by atoms with Crippen LogP contribution in [0.25, 0.3) is 0 Å². The Morgan fingerprint density at radius 1 is 1.15 bits per heavy atom. The predicted molar refractivity (Wildman–Crippen MR) is 82.1 cm³/mol. The summed E-state index contributed by atoms with van der Waals surface area (Å²) in [5, 5.41) is 6.09. The van der Waals surface area contributed by atoms with Crippen LogP contribution in [0.15, 0.2) is 42.5 Å². The molecule has 0 unspecified atom stereocenters. The minimum absolute atomic E-state index is 0.151. The Morgan fingerprint density at radius 2 is 1.95 bits per heavy atom. The van der Waals surface area contributed by atoms with E-state index in [2.05, 4.69) is 22.5 Å². The zero-order valence-electron chi connectivity index (χ0n) is 11.8. The molecule has 2 N–H and O–H groups in total. The van der Waals surface area contributed by atoms with Crippen LogP contribution >= 0.6 is 0 Å². The first-order chi connectivity index (χ1) is 9.70. The van der Waals surface area contributed by atoms with Gasteiger partial charge in [-0.3, -0.25) is 4.79 Å². The van der Waals surface area contributed by atoms with Crippen LogP contribution in [-0.2, 0) is 0 Å². The van der Waals surface area contributed by atoms with Crippen LogP contribution in [0, 0.1) is 6.92 Å². The number of aryl methyl sites for hydroxylation is 1. The van der Waals surface area contributed by atoms with Crippen molar-refractivity contribution in [2.45, 2.75) is 20.3 Å². The minimum Gasteiger partial charge on any atom is -0.384 e. The molecule has 0 aliphatic heterocycles. The number of rotatable bonds is 5. The van der Waals surface area contributed by atoms with Crippen molar-refractivity contribution in [2.75, 3.05) is 17.2 Å². The predicted octanol–water partition coefficient (Wildman–Crippen LogP) is 3.46. The van der Waals surface area contributed by atoms with Gasteiger partial charge in [0.1, 0.15) is 5.82 Å². The van der Waals surface area contributed by atoms with Gasteiger partial charge in [0, 0.05) is 17.9 Å². The fourth-order valence-electron chi connectivity index (χ4n) is 1.89. The molecule has 1 aromatic heterocycles. The van der Waals surface area contributed by atoms with Crippen LogP contribution in [0.1, 0.15) is 29.4 Å². The van der Waals surface area contributed by atoms with Gasteiger partial charge < -0.3 is 10.6 Å². The summed E-state index contributed by atoms with van der Waals surface area (Å²) in [6.07, 6.45) is 1.01. The van der Waals surface area contributed by atoms with Crippen LogP contribution < -0.4 is 10.6 Å². The lowest BCUT2D eigenvalue weighted by atomic mass is 10.1. The Labute approximate surface area is 119 Å². The highest BCUT2D eigenvalue weighted by molar-refractivity contribution is 6.07. The van der Waals surface area contributed by atoms with Crippen molar-refractivity contribution in [3.05, 3.63) is 53.7 Å². The maximum Gasteiger partial charge on any atom is 0.258 e. The van der Waals surface area contributed by atoms with E-state index >= 15 is 0 Å². The highest BCUT2D eigenvalue weighted by atomic mass is 16.1. The van der Waals surface area contributed by atoms with Crippen LogP contribution in [0.4, 0.5) is 11.5 Å². The third-order valence-electron chi connectivity index (χ3n) is 2.87. The van der Waals surface area contributed by atoms with Crippen molar-refractivity contribution in [1.82, 2.24) is 4.98 Å². The lowest BCUT2D eigenvalue weighted by molar-refractivity contribution is 0.102. The second-order valence-corrected chi connectivity index (χ2v) is 4.59. The molecule has 1 amide bonds. The molecule has 4 nitrogen and oxygen atoms in total. The summed E-state index contributed by atoms with van der Waals surface area (Å²) in [4.78, 5) is 16.6. The monoisotopic (exact) mass is 269 g/mol. The van der Waals surface area contributed by atoms with Crippen molar-refractivity contribution in [2.24, 2.45) is 0 Å². The first-order valence-corrected chi connectivity index (χ1v) is 6.78. The molecule has 0 radical (unpaired) electrons. The molecule has 0 bridgehead atoms. The number of carbonyl (C=O) groups is 1. The first kappa shape index (κ1) is 14.1. The number of pyridine rings is 1. The fraction of sp³-hybridized carbons (Fsp3) is 0.250. The maximum absolute atomic E-state index is 12.3. The van der Waals surface area contributed by atoms with E-state index < -0.39 is 0 Å². The van der Waals surface area contributed by atoms with Gasteiger partial charge in [0.2, 0.25) is 0 Å². The molecular weight excluding hydrogens is 250 g/mol. The largest absolute Gasteiger partial charge is 0.384 e. The Morgan fingerprint density at radius 3 is 2.70 bits per heavy atom. The molecular formula is C16H19N3O. The van der Waals surface area contributed by atoms with Crippen molar-refractivity contribution >= 4 is 17.4 Å². The van der Waals surface area contributed by atoms with Gasteiger partial charge in [-0.25, -0.2) is 4.98 Å². The molecule has 20 heavy (non-hydrogen) atoms. The van der Waals surface area contributed by atoms with E-state index in [0.717, 1.165) is 24.3 Å². The number of para-hydroxylation sites is 1. The van der Waals surface area contributed by atoms with E-state index in [1.54, 1.807) is 6.07 Å². The zero-order valence-corrected chi connectivity index (χ0v) is 11.8. The highest BCUT2D eigenvalue weighted by Crippen LogP contribution is 2.16. The molecule has 0 saturated heterocycles. The lowest BCUT2D eigenvalue weighted by Gasteiger charge is -2.11. The molecule has 2 aromatic rings. The molecule has 0 aliphatic rings. The highest BCUT2D eigenvalue weighted by Gasteiger charge is 2.11. The van der Waals surface area contributed by atoms with Crippen LogP contribution in [0.5, 0.6) is 0 Å². The summed E-state index contributed by atoms with van der Waals surface area (Å²) >= 11 is 0. The number of nitrogens with one attached hydrogen (secondary N) is 2. The molecule has 0 saturated carbocycles. The molecule has 0 fully saturated rings. The van der Waals surface area contributed by atoms with Gasteiger partial charge in [0.15, 0.2) is 0 Å². The average molecular weight is 269 g/mol. The number of aromatic nitrogens is 1. The lowest BCUT2D eigenvalue weighted by Crippen LogP contribution is -2.16. The Hall–Kier alpha value is -2.36. The van der Waals surface area contributed by atoms with E-state index in [0.29, 0.717) is 11.4 Å². The number of nitrogens with zero attached hydrogens (tertiary/aromatic N) is 1. The normalized spacial score (nSPS) is 10.1. The second-order valence-electron chi connectivity index (χ2n) is 4.59. The maximum atomic E-state index is 12.3. The van der Waals surface area contributed by atoms with Gasteiger partial charge in [-0.1, -0.05) is 25.1 Å². The summed E-state index contributed by atoms with van der Waals surface area (Å²) < 4.78 is 0. The molecule has 1 heterocycles. The van der Waals surface area contributed by atoms with Crippen LogP contribution in [0.3, 0.4) is 0 Å². The number of hydrogen-bond acceptors (Lipinski definition) is 3. The summed E-state index contributed by atoms with van der Waals surface area (Å²) in [6.45, 7) is 4.83. The van der Waals surface area contributed by atoms with Crippen molar-refractivity contribution in [3.8, 4) is 0 Å². The van der Waals surface area contributed by atoms with Gasteiger partial charge in [-0.2, -0.15) is 0 Å². The van der Waals surface area contributed by atoms with E-state index in [9.17, 15) is 4.79 Å². The summed E-state index contributed by atoms with van der Waals surface area (Å²) in [7, 11) is 0. The Bertz CT molecular complexity index is 596. The fourth-order valence-corrected chi connectivity index (χ4v) is 1.89. The average Bonchev–Trinajstić information content (AvgIpc) is 2.45. The molecule has 0 spiro atoms. The van der Waals surface area contributed by atoms with Gasteiger partial charge >= 0.3 is 0 Å². The van der Waals surface area contributed by atoms with E-state index in [4.69, 9.17) is 0 Å². The second kappa shape index (κ2) is 6.70. The summed E-state index contributed by atoms with van der Waals surface area (Å²) in [6, 6.07) is 13.0. The zero-order chi connectivity index (χ0) is 14.4. The number of hydrogen-bond donors (Lipinski definition) is 2. The van der Waals surface area contributed by atoms with Gasteiger partial charge in [0.25, 0.3) is 5.91 Å². The summed E-state index contributed by atoms with van der Waals surface area (Å²) in [5.41, 5.74) is 2.35. The molecule has 2 rings (SSSR count). The van der Waals surface area contributed by atoms with Gasteiger partial charge in [-0.05, 0) is 37.6 Å². The topological polar surface area (TPSA) is 54.0 Å². The Balaban J connectivity index is 2.16. The molecule has 0 aliphatic carbocycles. The van der Waals surface area contributed by atoms with Crippen LogP contribution in [0.2, 0.25) is 0 Å². The SMILES string of the molecule is CCCNc1ccccc1C(=O)Nc1cccc(C)n1. The van der Waals surface area contributed by atoms with E-state index in [-0.39, 0.29) is 5.91 Å². The number of amides is 1. The third-order valence-corrected chi connectivity index (χ3v) is 2.87. The van der Waals surface area contributed by atoms with Crippen molar-refractivity contribution in [3.63, 3.8) is 0 Å². The van der Waals surface area contributed by atoms with Crippen molar-refractivity contribution < 1.29 is 4.79 Å². The van der Waals surface area contributed by atoms with Crippen molar-refractivity contribution in [1.29, 1.82) is 0 Å². The van der Waals surface area contributed by atoms with Gasteiger partial charge in [0.05, 0.1) is 5.56 Å². The number of benzene rings is 1. The minimum atomic E-state index is -0.151. The molecule has 4 heteroatoms. The van der Waals surface area contributed by atoms with Crippen LogP contribution in [-0.4, -0.2) is 17.4 Å². The molecule has 0 atom stereocenters. The molecule has 1 aromatic carbocycles. The van der Waals surface area contributed by atoms with Gasteiger partial charge in [-0.15, -0.1) is 0 Å². The van der Waals surface area contributed by atoms with E-state index in [1.807, 2.05) is 43.3 Å².